The third-order valence-electron chi connectivity index (χ3n) is 5.36. The fourth-order valence-electron chi connectivity index (χ4n) is 3.70. The molecule has 2 aliphatic carbocycles. The van der Waals surface area contributed by atoms with Crippen LogP contribution in [0.15, 0.2) is 0 Å². The summed E-state index contributed by atoms with van der Waals surface area (Å²) in [5.41, 5.74) is 0.248. The van der Waals surface area contributed by atoms with Gasteiger partial charge in [-0.3, -0.25) is 0 Å². The fourth-order valence-corrected chi connectivity index (χ4v) is 4.68. The average molecular weight is 305 g/mol. The summed E-state index contributed by atoms with van der Waals surface area (Å²) in [5.74, 6) is 1.67. The van der Waals surface area contributed by atoms with Crippen molar-refractivity contribution in [3.8, 4) is 0 Å². The van der Waals surface area contributed by atoms with E-state index in [4.69, 9.17) is 5.10 Å². The molecular formula is C15H23N5S. The first-order valence-corrected chi connectivity index (χ1v) is 9.01. The predicted molar refractivity (Wildman–Crippen MR) is 83.8 cm³/mol. The maximum Gasteiger partial charge on any atom is 0.234 e. The second kappa shape index (κ2) is 5.32. The van der Waals surface area contributed by atoms with Gasteiger partial charge in [0, 0.05) is 17.9 Å². The second-order valence-corrected chi connectivity index (χ2v) is 7.68. The topological polar surface area (TPSA) is 55.1 Å². The monoisotopic (exact) mass is 305 g/mol. The highest BCUT2D eigenvalue weighted by molar-refractivity contribution is 7.16. The van der Waals surface area contributed by atoms with Crippen LogP contribution in [0.25, 0.3) is 4.96 Å². The fraction of sp³-hybridized carbons (Fsp3) is 0.800. The van der Waals surface area contributed by atoms with Gasteiger partial charge in [-0.2, -0.15) is 9.61 Å². The van der Waals surface area contributed by atoms with Crippen LogP contribution in [0.1, 0.15) is 68.1 Å². The summed E-state index contributed by atoms with van der Waals surface area (Å²) in [7, 11) is 2.10. The average Bonchev–Trinajstić information content (AvgIpc) is 3.00. The van der Waals surface area contributed by atoms with Crippen LogP contribution in [0, 0.1) is 0 Å². The van der Waals surface area contributed by atoms with Crippen molar-refractivity contribution in [3.63, 3.8) is 0 Å². The molecule has 0 radical (unpaired) electrons. The van der Waals surface area contributed by atoms with Crippen molar-refractivity contribution in [1.82, 2.24) is 25.1 Å². The summed E-state index contributed by atoms with van der Waals surface area (Å²) in [6, 6.07) is 0. The lowest BCUT2D eigenvalue weighted by atomic mass is 9.79. The van der Waals surface area contributed by atoms with E-state index in [1.807, 2.05) is 4.52 Å². The number of aromatic nitrogens is 4. The summed E-state index contributed by atoms with van der Waals surface area (Å²) in [6.45, 7) is 0. The van der Waals surface area contributed by atoms with Gasteiger partial charge in [0.15, 0.2) is 5.82 Å². The van der Waals surface area contributed by atoms with Crippen LogP contribution >= 0.6 is 11.3 Å². The first-order valence-electron chi connectivity index (χ1n) is 8.20. The van der Waals surface area contributed by atoms with E-state index in [0.717, 1.165) is 17.2 Å². The Hall–Kier alpha value is -1.01. The van der Waals surface area contributed by atoms with Crippen molar-refractivity contribution in [2.45, 2.75) is 69.2 Å². The maximum atomic E-state index is 4.83. The molecule has 0 aliphatic heterocycles. The predicted octanol–water partition coefficient (Wildman–Crippen LogP) is 2.92. The number of hydrogen-bond acceptors (Lipinski definition) is 5. The minimum absolute atomic E-state index is 0.248. The molecule has 1 N–H and O–H groups in total. The van der Waals surface area contributed by atoms with E-state index >= 15 is 0 Å². The smallest absolute Gasteiger partial charge is 0.234 e. The van der Waals surface area contributed by atoms with E-state index in [0.29, 0.717) is 5.92 Å². The van der Waals surface area contributed by atoms with Gasteiger partial charge in [0.1, 0.15) is 5.01 Å². The van der Waals surface area contributed by atoms with Crippen LogP contribution in [-0.4, -0.2) is 32.4 Å². The highest BCUT2D eigenvalue weighted by Crippen LogP contribution is 2.36. The molecule has 6 heteroatoms. The van der Waals surface area contributed by atoms with Gasteiger partial charge in [-0.15, -0.1) is 10.2 Å². The van der Waals surface area contributed by atoms with E-state index in [1.165, 1.54) is 56.4 Å². The quantitative estimate of drug-likeness (QED) is 0.943. The standard InChI is InChI=1S/C15H23N5S/c1-16-15(8-3-2-4-9-15)10-12-19-20-13(11-6-5-7-11)17-18-14(20)21-12/h11,16H,2-10H2,1H3. The van der Waals surface area contributed by atoms with E-state index in [-0.39, 0.29) is 5.54 Å². The third-order valence-corrected chi connectivity index (χ3v) is 6.26. The number of nitrogens with zero attached hydrogens (tertiary/aromatic N) is 4. The summed E-state index contributed by atoms with van der Waals surface area (Å²) >= 11 is 1.72. The van der Waals surface area contributed by atoms with Crippen LogP contribution < -0.4 is 5.32 Å². The zero-order valence-corrected chi connectivity index (χ0v) is 13.5. The van der Waals surface area contributed by atoms with Crippen molar-refractivity contribution >= 4 is 16.3 Å². The number of likely N-dealkylation sites (N-methyl/N-ethyl adjacent to an activating group) is 1. The van der Waals surface area contributed by atoms with Gasteiger partial charge in [0.2, 0.25) is 4.96 Å². The second-order valence-electron chi connectivity index (χ2n) is 6.64. The molecule has 2 aromatic rings. The summed E-state index contributed by atoms with van der Waals surface area (Å²) < 4.78 is 2.01. The molecular weight excluding hydrogens is 282 g/mol. The van der Waals surface area contributed by atoms with Crippen molar-refractivity contribution in [3.05, 3.63) is 10.8 Å². The molecule has 2 fully saturated rings. The SMILES string of the molecule is CNC1(Cc2nn3c(C4CCC4)nnc3s2)CCCCC1. The Balaban J connectivity index is 1.60. The van der Waals surface area contributed by atoms with Gasteiger partial charge in [0.05, 0.1) is 0 Å². The van der Waals surface area contributed by atoms with Crippen LogP contribution in [0.3, 0.4) is 0 Å². The molecule has 21 heavy (non-hydrogen) atoms. The molecule has 2 aliphatic rings. The van der Waals surface area contributed by atoms with Crippen molar-refractivity contribution < 1.29 is 0 Å². The first-order chi connectivity index (χ1) is 10.3. The maximum absolute atomic E-state index is 4.83. The van der Waals surface area contributed by atoms with Gasteiger partial charge in [-0.1, -0.05) is 37.0 Å². The lowest BCUT2D eigenvalue weighted by Crippen LogP contribution is -2.46. The van der Waals surface area contributed by atoms with Gasteiger partial charge in [-0.25, -0.2) is 0 Å². The Morgan fingerprint density at radius 2 is 2.00 bits per heavy atom. The molecule has 114 valence electrons. The zero-order valence-electron chi connectivity index (χ0n) is 12.6. The van der Waals surface area contributed by atoms with E-state index in [2.05, 4.69) is 22.6 Å². The summed E-state index contributed by atoms with van der Waals surface area (Å²) in [5, 5.41) is 18.3. The molecule has 0 amide bonds. The molecule has 2 saturated carbocycles. The molecule has 0 unspecified atom stereocenters. The molecule has 0 atom stereocenters. The molecule has 0 aromatic carbocycles. The van der Waals surface area contributed by atoms with Gasteiger partial charge >= 0.3 is 0 Å². The minimum atomic E-state index is 0.248. The lowest BCUT2D eigenvalue weighted by Gasteiger charge is -2.36. The lowest BCUT2D eigenvalue weighted by molar-refractivity contribution is 0.244. The van der Waals surface area contributed by atoms with Gasteiger partial charge in [-0.05, 0) is 32.7 Å². The number of nitrogens with one attached hydrogen (secondary N) is 1. The Labute approximate surface area is 129 Å². The molecule has 2 heterocycles. The molecule has 4 rings (SSSR count). The first kappa shape index (κ1) is 13.6. The van der Waals surface area contributed by atoms with Crippen LogP contribution in [-0.2, 0) is 6.42 Å². The third kappa shape index (κ3) is 2.38. The number of rotatable bonds is 4. The van der Waals surface area contributed by atoms with E-state index in [1.54, 1.807) is 11.3 Å². The zero-order chi connectivity index (χ0) is 14.3. The Bertz CT molecular complexity index is 621. The van der Waals surface area contributed by atoms with E-state index in [9.17, 15) is 0 Å². The van der Waals surface area contributed by atoms with Crippen molar-refractivity contribution in [2.75, 3.05) is 7.05 Å². The highest BCUT2D eigenvalue weighted by atomic mass is 32.1. The van der Waals surface area contributed by atoms with Crippen molar-refractivity contribution in [2.24, 2.45) is 0 Å². The molecule has 2 aromatic heterocycles. The molecule has 0 spiro atoms. The van der Waals surface area contributed by atoms with Crippen LogP contribution in [0.5, 0.6) is 0 Å². The van der Waals surface area contributed by atoms with Gasteiger partial charge < -0.3 is 5.32 Å². The Morgan fingerprint density at radius 1 is 1.19 bits per heavy atom. The molecule has 0 saturated heterocycles. The Kier molecular flexibility index (Phi) is 3.46. The normalized spacial score (nSPS) is 22.5. The number of fused-ring (bicyclic) bond motifs is 1. The molecule has 5 nitrogen and oxygen atoms in total. The summed E-state index contributed by atoms with van der Waals surface area (Å²) in [4.78, 5) is 0.967. The van der Waals surface area contributed by atoms with Crippen LogP contribution in [0.2, 0.25) is 0 Å². The molecule has 0 bridgehead atoms. The number of hydrogen-bond donors (Lipinski definition) is 1. The van der Waals surface area contributed by atoms with Gasteiger partial charge in [0.25, 0.3) is 0 Å². The highest BCUT2D eigenvalue weighted by Gasteiger charge is 2.32. The Morgan fingerprint density at radius 3 is 2.67 bits per heavy atom. The largest absolute Gasteiger partial charge is 0.314 e. The van der Waals surface area contributed by atoms with Crippen molar-refractivity contribution in [1.29, 1.82) is 0 Å². The minimum Gasteiger partial charge on any atom is -0.314 e. The van der Waals surface area contributed by atoms with E-state index < -0.39 is 0 Å². The van der Waals surface area contributed by atoms with Crippen LogP contribution in [0.4, 0.5) is 0 Å². The summed E-state index contributed by atoms with van der Waals surface area (Å²) in [6.07, 6.45) is 11.4.